The maximum Gasteiger partial charge on any atom is 0.337 e. The molecule has 0 atom stereocenters. The number of aryl methyl sites for hydroxylation is 1. The Kier molecular flexibility index (Phi) is 6.21. The summed E-state index contributed by atoms with van der Waals surface area (Å²) in [4.78, 5) is 22.6. The van der Waals surface area contributed by atoms with Crippen molar-refractivity contribution in [3.8, 4) is 22.6 Å². The summed E-state index contributed by atoms with van der Waals surface area (Å²) in [6.45, 7) is 1.34. The molecule has 0 radical (unpaired) electrons. The zero-order chi connectivity index (χ0) is 27.9. The van der Waals surface area contributed by atoms with Crippen LogP contribution in [0.1, 0.15) is 16.8 Å². The van der Waals surface area contributed by atoms with Gasteiger partial charge in [0.05, 0.1) is 51.5 Å². The van der Waals surface area contributed by atoms with Crippen LogP contribution in [-0.4, -0.2) is 45.7 Å². The number of methoxy groups -OCH3 is 2. The zero-order valence-electron chi connectivity index (χ0n) is 22.9. The Bertz CT molecular complexity index is 2080. The third kappa shape index (κ3) is 4.13. The van der Waals surface area contributed by atoms with Crippen LogP contribution in [0.25, 0.3) is 61.1 Å². The first-order valence-corrected chi connectivity index (χ1v) is 13.6. The topological polar surface area (TPSA) is 70.7 Å². The molecule has 0 aliphatic heterocycles. The number of esters is 1. The summed E-state index contributed by atoms with van der Waals surface area (Å²) in [5, 5.41) is 1.14. The normalized spacial score (nSPS) is 11.7. The molecule has 7 aromatic rings. The van der Waals surface area contributed by atoms with E-state index in [1.807, 2.05) is 30.3 Å². The number of imidazole rings is 1. The minimum Gasteiger partial charge on any atom is -0.465 e. The van der Waals surface area contributed by atoms with Crippen LogP contribution in [0.4, 0.5) is 0 Å². The molecule has 4 aromatic carbocycles. The third-order valence-electron chi connectivity index (χ3n) is 7.61. The van der Waals surface area contributed by atoms with Gasteiger partial charge in [-0.25, -0.2) is 14.8 Å². The maximum absolute atomic E-state index is 12.3. The van der Waals surface area contributed by atoms with Crippen LogP contribution in [0.5, 0.6) is 0 Å². The highest BCUT2D eigenvalue weighted by molar-refractivity contribution is 6.03. The molecule has 7 heteroatoms. The molecule has 7 rings (SSSR count). The summed E-state index contributed by atoms with van der Waals surface area (Å²) < 4.78 is 14.9. The average molecular weight is 541 g/mol. The summed E-state index contributed by atoms with van der Waals surface area (Å²) in [5.41, 5.74) is 9.12. The van der Waals surface area contributed by atoms with E-state index in [1.165, 1.54) is 7.11 Å². The van der Waals surface area contributed by atoms with Crippen LogP contribution in [0.15, 0.2) is 97.1 Å². The molecule has 0 amide bonds. The van der Waals surface area contributed by atoms with Crippen molar-refractivity contribution >= 4 is 44.5 Å². The highest BCUT2D eigenvalue weighted by Crippen LogP contribution is 2.37. The molecule has 0 spiro atoms. The average Bonchev–Trinajstić information content (AvgIpc) is 3.59. The Morgan fingerprint density at radius 2 is 1.61 bits per heavy atom. The third-order valence-corrected chi connectivity index (χ3v) is 7.61. The monoisotopic (exact) mass is 540 g/mol. The quantitative estimate of drug-likeness (QED) is 0.159. The number of nitrogens with zero attached hydrogens (tertiary/aromatic N) is 4. The molecular weight excluding hydrogens is 512 g/mol. The van der Waals surface area contributed by atoms with E-state index in [0.29, 0.717) is 18.7 Å². The zero-order valence-corrected chi connectivity index (χ0v) is 22.9. The number of aromatic nitrogens is 4. The van der Waals surface area contributed by atoms with E-state index in [2.05, 4.69) is 63.6 Å². The highest BCUT2D eigenvalue weighted by Gasteiger charge is 2.21. The number of ether oxygens (including phenoxy) is 2. The van der Waals surface area contributed by atoms with Crippen molar-refractivity contribution in [1.29, 1.82) is 0 Å². The number of hydrogen-bond acceptors (Lipinski definition) is 5. The lowest BCUT2D eigenvalue weighted by atomic mass is 10.1. The van der Waals surface area contributed by atoms with Crippen molar-refractivity contribution in [3.63, 3.8) is 0 Å². The van der Waals surface area contributed by atoms with Gasteiger partial charge in [-0.1, -0.05) is 54.6 Å². The smallest absolute Gasteiger partial charge is 0.337 e. The number of hydrogen-bond donors (Lipinski definition) is 0. The summed E-state index contributed by atoms with van der Waals surface area (Å²) in [7, 11) is 3.10. The lowest BCUT2D eigenvalue weighted by Gasteiger charge is -2.15. The number of benzene rings is 4. The Balaban J connectivity index is 1.57. The van der Waals surface area contributed by atoms with E-state index in [1.54, 1.807) is 19.2 Å². The molecular formula is C34H28N4O3. The first-order valence-electron chi connectivity index (χ1n) is 13.6. The molecule has 0 unspecified atom stereocenters. The highest BCUT2D eigenvalue weighted by atomic mass is 16.5. The molecule has 41 heavy (non-hydrogen) atoms. The van der Waals surface area contributed by atoms with Gasteiger partial charge in [0, 0.05) is 36.8 Å². The molecule has 0 aliphatic rings. The van der Waals surface area contributed by atoms with Crippen LogP contribution in [0.3, 0.4) is 0 Å². The first kappa shape index (κ1) is 25.0. The largest absolute Gasteiger partial charge is 0.465 e. The second-order valence-corrected chi connectivity index (χ2v) is 10.1. The van der Waals surface area contributed by atoms with Crippen LogP contribution in [-0.2, 0) is 16.0 Å². The van der Waals surface area contributed by atoms with Gasteiger partial charge in [0.25, 0.3) is 0 Å². The van der Waals surface area contributed by atoms with Gasteiger partial charge in [-0.15, -0.1) is 0 Å². The van der Waals surface area contributed by atoms with Gasteiger partial charge in [0.1, 0.15) is 5.82 Å². The van der Waals surface area contributed by atoms with Crippen molar-refractivity contribution in [2.45, 2.75) is 13.0 Å². The lowest BCUT2D eigenvalue weighted by molar-refractivity contribution is 0.0601. The Hall–Kier alpha value is -5.01. The summed E-state index contributed by atoms with van der Waals surface area (Å²) >= 11 is 0. The van der Waals surface area contributed by atoms with E-state index in [9.17, 15) is 4.79 Å². The molecule has 7 nitrogen and oxygen atoms in total. The molecule has 3 heterocycles. The van der Waals surface area contributed by atoms with E-state index >= 15 is 0 Å². The standard InChI is InChI=1S/C34H28N4O3/c1-40-19-9-18-37-29-17-16-24(34(39)41-2)20-27(29)36-33(37)25-13-8-14-26-32(25)38-28-15-7-6-12-23(28)21-30(38)31(35-26)22-10-4-3-5-11-22/h3-8,10-17,20-21H,9,18-19H2,1-2H3. The fourth-order valence-corrected chi connectivity index (χ4v) is 5.77. The molecule has 3 aromatic heterocycles. The van der Waals surface area contributed by atoms with Gasteiger partial charge in [-0.3, -0.25) is 0 Å². The van der Waals surface area contributed by atoms with E-state index < -0.39 is 0 Å². The fraction of sp³-hybridized carbons (Fsp3) is 0.147. The predicted molar refractivity (Wildman–Crippen MR) is 162 cm³/mol. The predicted octanol–water partition coefficient (Wildman–Crippen LogP) is 7.15. The van der Waals surface area contributed by atoms with Crippen LogP contribution in [0, 0.1) is 0 Å². The first-order chi connectivity index (χ1) is 20.2. The van der Waals surface area contributed by atoms with Crippen molar-refractivity contribution in [3.05, 3.63) is 103 Å². The molecule has 0 N–H and O–H groups in total. The molecule has 0 fully saturated rings. The second-order valence-electron chi connectivity index (χ2n) is 10.1. The van der Waals surface area contributed by atoms with E-state index in [-0.39, 0.29) is 5.97 Å². The van der Waals surface area contributed by atoms with Gasteiger partial charge >= 0.3 is 5.97 Å². The van der Waals surface area contributed by atoms with E-state index in [0.717, 1.165) is 67.6 Å². The number of fused-ring (bicyclic) bond motifs is 6. The van der Waals surface area contributed by atoms with Gasteiger partial charge in [-0.05, 0) is 48.9 Å². The minimum atomic E-state index is -0.384. The lowest BCUT2D eigenvalue weighted by Crippen LogP contribution is -2.05. The summed E-state index contributed by atoms with van der Waals surface area (Å²) in [6, 6.07) is 32.7. The Morgan fingerprint density at radius 3 is 2.44 bits per heavy atom. The Labute approximate surface area is 236 Å². The van der Waals surface area contributed by atoms with Gasteiger partial charge in [-0.2, -0.15) is 0 Å². The number of rotatable bonds is 7. The second kappa shape index (κ2) is 10.2. The SMILES string of the molecule is COCCCn1c(-c2cccc3nc(-c4ccccc4)c4cc5ccccc5n4c23)nc2cc(C(=O)OC)ccc21. The van der Waals surface area contributed by atoms with Gasteiger partial charge in [0.2, 0.25) is 0 Å². The molecule has 202 valence electrons. The van der Waals surface area contributed by atoms with Crippen molar-refractivity contribution < 1.29 is 14.3 Å². The molecule has 0 aliphatic carbocycles. The number of carbonyl (C=O) groups is 1. The summed E-state index contributed by atoms with van der Waals surface area (Å²) in [6.07, 6.45) is 0.816. The summed E-state index contributed by atoms with van der Waals surface area (Å²) in [5.74, 6) is 0.433. The van der Waals surface area contributed by atoms with Crippen LogP contribution >= 0.6 is 0 Å². The molecule has 0 saturated heterocycles. The number of para-hydroxylation sites is 2. The minimum absolute atomic E-state index is 0.384. The van der Waals surface area contributed by atoms with Crippen molar-refractivity contribution in [1.82, 2.24) is 18.9 Å². The molecule has 0 bridgehead atoms. The van der Waals surface area contributed by atoms with Crippen LogP contribution < -0.4 is 0 Å². The van der Waals surface area contributed by atoms with Crippen molar-refractivity contribution in [2.24, 2.45) is 0 Å². The number of carbonyl (C=O) groups excluding carboxylic acids is 1. The van der Waals surface area contributed by atoms with Crippen molar-refractivity contribution in [2.75, 3.05) is 20.8 Å². The van der Waals surface area contributed by atoms with Gasteiger partial charge < -0.3 is 18.4 Å². The van der Waals surface area contributed by atoms with E-state index in [4.69, 9.17) is 19.4 Å². The van der Waals surface area contributed by atoms with Crippen LogP contribution in [0.2, 0.25) is 0 Å². The molecule has 0 saturated carbocycles. The Morgan fingerprint density at radius 1 is 0.780 bits per heavy atom. The maximum atomic E-state index is 12.3. The van der Waals surface area contributed by atoms with Gasteiger partial charge in [0.15, 0.2) is 0 Å². The fourth-order valence-electron chi connectivity index (χ4n) is 5.77.